The molecule has 256 valence electrons. The molecule has 9 heteroatoms. The van der Waals surface area contributed by atoms with Crippen LogP contribution < -0.4 is 20.5 Å². The molecule has 0 fully saturated rings. The van der Waals surface area contributed by atoms with E-state index >= 15 is 0 Å². The lowest BCUT2D eigenvalue weighted by molar-refractivity contribution is -0.120. The molecule has 3 N–H and O–H groups in total. The summed E-state index contributed by atoms with van der Waals surface area (Å²) in [6.07, 6.45) is 7.80. The van der Waals surface area contributed by atoms with E-state index < -0.39 is 0 Å². The summed E-state index contributed by atoms with van der Waals surface area (Å²) < 4.78 is 11.3. The van der Waals surface area contributed by atoms with Gasteiger partial charge in [-0.05, 0) is 91.0 Å². The molecule has 3 aliphatic rings. The van der Waals surface area contributed by atoms with Crippen molar-refractivity contribution in [3.63, 3.8) is 0 Å². The number of fused-ring (bicyclic) bond motifs is 6. The number of nitrogens with one attached hydrogen (secondary N) is 1. The number of nitrogens with two attached hydrogens (primary N) is 1. The predicted molar refractivity (Wildman–Crippen MR) is 201 cm³/mol. The highest BCUT2D eigenvalue weighted by molar-refractivity contribution is 7.99. The first kappa shape index (κ1) is 33.8. The number of amides is 1. The summed E-state index contributed by atoms with van der Waals surface area (Å²) >= 11 is 8.09. The Labute approximate surface area is 298 Å². The molecule has 0 radical (unpaired) electrons. The number of carbonyl (C=O) groups excluding carboxylic acids is 1. The zero-order chi connectivity index (χ0) is 33.9. The number of aromatic nitrogens is 1. The van der Waals surface area contributed by atoms with Gasteiger partial charge in [0.1, 0.15) is 0 Å². The van der Waals surface area contributed by atoms with Crippen molar-refractivity contribution < 1.29 is 14.3 Å². The Morgan fingerprint density at radius 2 is 1.88 bits per heavy atom. The topological polar surface area (TPSA) is 89.7 Å². The van der Waals surface area contributed by atoms with E-state index in [9.17, 15) is 4.79 Å². The van der Waals surface area contributed by atoms with E-state index in [0.717, 1.165) is 90.5 Å². The van der Waals surface area contributed by atoms with Crippen molar-refractivity contribution in [2.75, 3.05) is 51.1 Å². The number of anilines is 1. The highest BCUT2D eigenvalue weighted by Gasteiger charge is 2.34. The van der Waals surface area contributed by atoms with Crippen LogP contribution in [0.2, 0.25) is 5.02 Å². The largest absolute Gasteiger partial charge is 0.493 e. The number of thioether (sulfide) groups is 1. The summed E-state index contributed by atoms with van der Waals surface area (Å²) in [4.78, 5) is 20.3. The monoisotopic (exact) mass is 696 g/mol. The van der Waals surface area contributed by atoms with Gasteiger partial charge in [-0.3, -0.25) is 14.7 Å². The Hall–Kier alpha value is -3.72. The third kappa shape index (κ3) is 7.28. The molecule has 0 saturated heterocycles. The molecule has 1 unspecified atom stereocenters. The average molecular weight is 697 g/mol. The molecule has 49 heavy (non-hydrogen) atoms. The molecule has 0 spiro atoms. The Balaban J connectivity index is 0.881. The molecular weight excluding hydrogens is 652 g/mol. The summed E-state index contributed by atoms with van der Waals surface area (Å²) in [5.41, 5.74) is 16.1. The fraction of sp³-hybridized carbons (Fsp3) is 0.400. The molecule has 3 atom stereocenters. The van der Waals surface area contributed by atoms with Crippen LogP contribution >= 0.6 is 23.4 Å². The van der Waals surface area contributed by atoms with Crippen molar-refractivity contribution in [1.82, 2.24) is 15.2 Å². The fourth-order valence-corrected chi connectivity index (χ4v) is 9.20. The second-order valence-electron chi connectivity index (χ2n) is 13.4. The maximum absolute atomic E-state index is 12.8. The maximum atomic E-state index is 12.8. The molecule has 7 nitrogen and oxygen atoms in total. The van der Waals surface area contributed by atoms with Gasteiger partial charge in [0, 0.05) is 64.9 Å². The van der Waals surface area contributed by atoms with Crippen LogP contribution in [0.15, 0.2) is 72.3 Å². The quantitative estimate of drug-likeness (QED) is 0.116. The summed E-state index contributed by atoms with van der Waals surface area (Å²) in [6.45, 7) is 2.59. The number of rotatable bonds is 12. The Morgan fingerprint density at radius 1 is 1.06 bits per heavy atom. The number of hydrogen-bond donors (Lipinski definition) is 2. The zero-order valence-corrected chi connectivity index (χ0v) is 29.9. The molecule has 2 heterocycles. The van der Waals surface area contributed by atoms with Crippen LogP contribution in [0.1, 0.15) is 65.6 Å². The smallest absolute Gasteiger partial charge is 0.220 e. The van der Waals surface area contributed by atoms with Crippen LogP contribution in [0, 0.1) is 5.92 Å². The SMILES string of the molecule is COc1cc2c(cc1OC)C(c1ccccc1)N(CCSCCC(=O)NCCC1=C[C@@H]3Cc4nc5cc(Cl)ccc5c(N)c4[C@@H](C1)C3)CC2. The van der Waals surface area contributed by atoms with E-state index in [1.165, 1.54) is 27.8 Å². The maximum Gasteiger partial charge on any atom is 0.220 e. The number of allylic oxidation sites excluding steroid dienone is 1. The molecule has 1 amide bonds. The number of halogens is 1. The van der Waals surface area contributed by atoms with Crippen molar-refractivity contribution in [3.8, 4) is 11.5 Å². The van der Waals surface area contributed by atoms with E-state index in [1.807, 2.05) is 30.0 Å². The molecule has 1 aromatic heterocycles. The standard InChI is InChI=1S/C40H45ClN4O3S/c1-47-35-22-28-11-14-45(40(27-6-4-3-5-7-27)32(28)24-36(35)48-2)15-17-49-16-12-37(46)43-13-10-25-18-26-20-29(19-25)38-34(21-26)44-33-23-30(41)8-9-31(33)39(38)42/h3-9,18,22-24,26,29,40H,10-17,19-21H2,1-2H3,(H2,42,44)(H,43,46)/t26-,29-,40?/m0/s1. The van der Waals surface area contributed by atoms with E-state index in [1.54, 1.807) is 14.2 Å². The summed E-state index contributed by atoms with van der Waals surface area (Å²) in [5, 5.41) is 4.85. The number of nitrogen functional groups attached to an aromatic ring is 1. The number of nitrogens with zero attached hydrogens (tertiary/aromatic N) is 2. The van der Waals surface area contributed by atoms with Crippen molar-refractivity contribution in [3.05, 3.63) is 105 Å². The molecular formula is C40H45ClN4O3S. The van der Waals surface area contributed by atoms with Crippen LogP contribution in [0.5, 0.6) is 11.5 Å². The van der Waals surface area contributed by atoms with Gasteiger partial charge in [0.05, 0.1) is 25.8 Å². The van der Waals surface area contributed by atoms with Gasteiger partial charge >= 0.3 is 0 Å². The molecule has 2 bridgehead atoms. The number of carbonyl (C=O) groups is 1. The van der Waals surface area contributed by atoms with Crippen molar-refractivity contribution in [2.24, 2.45) is 5.92 Å². The Bertz CT molecular complexity index is 1870. The Kier molecular flexibility index (Phi) is 10.4. The van der Waals surface area contributed by atoms with E-state index in [4.69, 9.17) is 31.8 Å². The van der Waals surface area contributed by atoms with Gasteiger partial charge in [0.15, 0.2) is 11.5 Å². The van der Waals surface area contributed by atoms with Gasteiger partial charge in [-0.15, -0.1) is 0 Å². The van der Waals surface area contributed by atoms with Crippen LogP contribution in [-0.4, -0.2) is 61.2 Å². The molecule has 7 rings (SSSR count). The highest BCUT2D eigenvalue weighted by Crippen LogP contribution is 2.47. The lowest BCUT2D eigenvalue weighted by atomic mass is 9.70. The summed E-state index contributed by atoms with van der Waals surface area (Å²) in [6, 6.07) is 20.9. The number of pyridine rings is 1. The number of ether oxygens (including phenoxy) is 2. The van der Waals surface area contributed by atoms with Crippen LogP contribution in [-0.2, 0) is 17.6 Å². The number of benzene rings is 3. The molecule has 1 aliphatic heterocycles. The van der Waals surface area contributed by atoms with E-state index in [0.29, 0.717) is 29.8 Å². The van der Waals surface area contributed by atoms with Crippen molar-refractivity contribution >= 4 is 45.9 Å². The summed E-state index contributed by atoms with van der Waals surface area (Å²) in [5.74, 6) is 4.30. The molecule has 0 saturated carbocycles. The third-order valence-corrected chi connectivity index (χ3v) is 11.6. The van der Waals surface area contributed by atoms with Crippen LogP contribution in [0.25, 0.3) is 10.9 Å². The minimum absolute atomic E-state index is 0.128. The van der Waals surface area contributed by atoms with Gasteiger partial charge < -0.3 is 20.5 Å². The lowest BCUT2D eigenvalue weighted by Crippen LogP contribution is -2.37. The van der Waals surface area contributed by atoms with Crippen molar-refractivity contribution in [2.45, 2.75) is 50.5 Å². The molecule has 3 aromatic carbocycles. The first-order valence-corrected chi connectivity index (χ1v) is 18.9. The number of hydrogen-bond acceptors (Lipinski definition) is 7. The van der Waals surface area contributed by atoms with Crippen LogP contribution in [0.4, 0.5) is 5.69 Å². The fourth-order valence-electron chi connectivity index (χ4n) is 8.14. The normalized spacial score (nSPS) is 19.9. The minimum Gasteiger partial charge on any atom is -0.493 e. The number of methoxy groups -OCH3 is 2. The first-order valence-electron chi connectivity index (χ1n) is 17.4. The average Bonchev–Trinajstić information content (AvgIpc) is 3.10. The second kappa shape index (κ2) is 15.0. The Morgan fingerprint density at radius 3 is 2.69 bits per heavy atom. The lowest BCUT2D eigenvalue weighted by Gasteiger charge is -2.38. The van der Waals surface area contributed by atoms with Gasteiger partial charge in [-0.25, -0.2) is 0 Å². The van der Waals surface area contributed by atoms with Crippen LogP contribution in [0.3, 0.4) is 0 Å². The molecule has 4 aromatic rings. The minimum atomic E-state index is 0.128. The zero-order valence-electron chi connectivity index (χ0n) is 28.3. The third-order valence-electron chi connectivity index (χ3n) is 10.4. The molecule has 2 aliphatic carbocycles. The second-order valence-corrected chi connectivity index (χ2v) is 15.1. The van der Waals surface area contributed by atoms with Gasteiger partial charge in [0.25, 0.3) is 0 Å². The van der Waals surface area contributed by atoms with Crippen molar-refractivity contribution in [1.29, 1.82) is 0 Å². The predicted octanol–water partition coefficient (Wildman–Crippen LogP) is 7.74. The highest BCUT2D eigenvalue weighted by atomic mass is 35.5. The van der Waals surface area contributed by atoms with Gasteiger partial charge in [0.2, 0.25) is 5.91 Å². The first-order chi connectivity index (χ1) is 23.9. The van der Waals surface area contributed by atoms with Gasteiger partial charge in [-0.2, -0.15) is 11.8 Å². The van der Waals surface area contributed by atoms with E-state index in [-0.39, 0.29) is 11.9 Å². The summed E-state index contributed by atoms with van der Waals surface area (Å²) in [7, 11) is 3.39. The van der Waals surface area contributed by atoms with Gasteiger partial charge in [-0.1, -0.05) is 53.6 Å². The van der Waals surface area contributed by atoms with E-state index in [2.05, 4.69) is 58.8 Å².